The maximum Gasteiger partial charge on any atom is 0.193 e. The molecule has 0 saturated carbocycles. The van der Waals surface area contributed by atoms with Crippen LogP contribution in [0.3, 0.4) is 0 Å². The Balaban J connectivity index is -0.000000412. The van der Waals surface area contributed by atoms with E-state index in [1.54, 1.807) is 28.4 Å². The fraction of sp³-hybridized carbons (Fsp3) is 0.786. The number of ether oxygens (including phenoxy) is 6. The predicted molar refractivity (Wildman–Crippen MR) is 143 cm³/mol. The summed E-state index contributed by atoms with van der Waals surface area (Å²) in [6.07, 6.45) is 6.27. The third kappa shape index (κ3) is 19.3. The van der Waals surface area contributed by atoms with E-state index in [0.717, 1.165) is 50.9 Å². The second-order valence-corrected chi connectivity index (χ2v) is 7.41. The second kappa shape index (κ2) is 28.2. The molecule has 0 N–H and O–H groups in total. The molecule has 0 saturated heterocycles. The first-order chi connectivity index (χ1) is 16.4. The largest absolute Gasteiger partial charge is 0.356 e. The van der Waals surface area contributed by atoms with Crippen molar-refractivity contribution in [3.05, 3.63) is 35.9 Å². The minimum atomic E-state index is -0.582. The second-order valence-electron chi connectivity index (χ2n) is 7.41. The van der Waals surface area contributed by atoms with Crippen molar-refractivity contribution < 1.29 is 28.4 Å². The fourth-order valence-corrected chi connectivity index (χ4v) is 2.89. The van der Waals surface area contributed by atoms with Crippen LogP contribution < -0.4 is 0 Å². The summed E-state index contributed by atoms with van der Waals surface area (Å²) in [6, 6.07) is 9.97. The van der Waals surface area contributed by atoms with Gasteiger partial charge in [-0.3, -0.25) is 0 Å². The van der Waals surface area contributed by atoms with Gasteiger partial charge in [-0.2, -0.15) is 0 Å². The maximum atomic E-state index is 5.40. The van der Waals surface area contributed by atoms with Crippen LogP contribution in [-0.4, -0.2) is 54.2 Å². The molecule has 0 aliphatic carbocycles. The number of hydrogen-bond acceptors (Lipinski definition) is 6. The SMILES string of the molecule is CCC.CCC(OC)(OC)c1ccccc1.CCCC(OC)OC.CCCC(OCC)OCC. The summed E-state index contributed by atoms with van der Waals surface area (Å²) in [5.74, 6) is -0.582. The summed E-state index contributed by atoms with van der Waals surface area (Å²) in [5, 5.41) is 0. The molecule has 0 aliphatic heterocycles. The van der Waals surface area contributed by atoms with E-state index in [4.69, 9.17) is 28.4 Å². The molecule has 6 nitrogen and oxygen atoms in total. The summed E-state index contributed by atoms with van der Waals surface area (Å²) < 4.78 is 31.2. The van der Waals surface area contributed by atoms with E-state index < -0.39 is 5.79 Å². The van der Waals surface area contributed by atoms with Crippen LogP contribution in [0.15, 0.2) is 30.3 Å². The van der Waals surface area contributed by atoms with E-state index in [2.05, 4.69) is 27.7 Å². The Hall–Kier alpha value is -1.02. The Labute approximate surface area is 211 Å². The Morgan fingerprint density at radius 2 is 1.06 bits per heavy atom. The molecule has 0 spiro atoms. The molecule has 0 bridgehead atoms. The monoisotopic (exact) mass is 488 g/mol. The number of rotatable bonds is 14. The number of benzene rings is 1. The number of hydrogen-bond donors (Lipinski definition) is 0. The molecule has 1 aromatic carbocycles. The van der Waals surface area contributed by atoms with Gasteiger partial charge in [0.25, 0.3) is 0 Å². The van der Waals surface area contributed by atoms with Crippen molar-refractivity contribution in [2.75, 3.05) is 41.7 Å². The standard InChI is InChI=1S/C11H16O2.C8H18O2.C6H14O2.C3H8/c1-4-11(12-2,13-3)10-8-6-5-7-9-10;1-4-7-8(9-5-2)10-6-3;1-4-5-6(7-2)8-3;1-3-2/h5-9H,4H2,1-3H3;8H,4-7H2,1-3H3;6H,4-5H2,1-3H3;3H2,1-2H3. The molecule has 0 aromatic heterocycles. The lowest BCUT2D eigenvalue weighted by Gasteiger charge is -2.29. The minimum absolute atomic E-state index is 0.000000000000000444. The van der Waals surface area contributed by atoms with Crippen molar-refractivity contribution >= 4 is 0 Å². The van der Waals surface area contributed by atoms with Crippen LogP contribution in [0, 0.1) is 0 Å². The third-order valence-corrected chi connectivity index (χ3v) is 4.62. The van der Waals surface area contributed by atoms with Crippen molar-refractivity contribution in [1.82, 2.24) is 0 Å². The molecule has 0 amide bonds. The molecular formula is C28H56O6. The zero-order valence-corrected chi connectivity index (χ0v) is 24.1. The summed E-state index contributed by atoms with van der Waals surface area (Å²) in [7, 11) is 6.65. The normalized spacial score (nSPS) is 10.6. The third-order valence-electron chi connectivity index (χ3n) is 4.62. The lowest BCUT2D eigenvalue weighted by Crippen LogP contribution is -2.29. The Kier molecular flexibility index (Phi) is 31.1. The fourth-order valence-electron chi connectivity index (χ4n) is 2.89. The van der Waals surface area contributed by atoms with Crippen LogP contribution in [0.1, 0.15) is 92.6 Å². The van der Waals surface area contributed by atoms with Crippen LogP contribution in [0.5, 0.6) is 0 Å². The van der Waals surface area contributed by atoms with E-state index in [-0.39, 0.29) is 12.6 Å². The first-order valence-corrected chi connectivity index (χ1v) is 12.8. The minimum Gasteiger partial charge on any atom is -0.356 e. The smallest absolute Gasteiger partial charge is 0.193 e. The Morgan fingerprint density at radius 3 is 1.32 bits per heavy atom. The van der Waals surface area contributed by atoms with Crippen LogP contribution in [-0.2, 0) is 34.2 Å². The van der Waals surface area contributed by atoms with E-state index in [9.17, 15) is 0 Å². The van der Waals surface area contributed by atoms with Crippen LogP contribution in [0.2, 0.25) is 0 Å². The quantitative estimate of drug-likeness (QED) is 0.252. The zero-order chi connectivity index (χ0) is 26.7. The first-order valence-electron chi connectivity index (χ1n) is 12.8. The highest BCUT2D eigenvalue weighted by atomic mass is 16.7. The van der Waals surface area contributed by atoms with Gasteiger partial charge in [-0.05, 0) is 26.7 Å². The average molecular weight is 489 g/mol. The molecule has 0 heterocycles. The van der Waals surface area contributed by atoms with Gasteiger partial charge in [0, 0.05) is 53.6 Å². The van der Waals surface area contributed by atoms with Crippen LogP contribution in [0.25, 0.3) is 0 Å². The molecule has 0 aliphatic rings. The average Bonchev–Trinajstić information content (AvgIpc) is 2.86. The highest BCUT2D eigenvalue weighted by Gasteiger charge is 2.29. The summed E-state index contributed by atoms with van der Waals surface area (Å²) >= 11 is 0. The van der Waals surface area contributed by atoms with Gasteiger partial charge in [0.2, 0.25) is 0 Å². The molecule has 1 rings (SSSR count). The maximum absolute atomic E-state index is 5.40. The molecule has 0 unspecified atom stereocenters. The molecule has 0 fully saturated rings. The van der Waals surface area contributed by atoms with Gasteiger partial charge in [0.1, 0.15) is 0 Å². The molecule has 204 valence electrons. The van der Waals surface area contributed by atoms with E-state index in [1.807, 2.05) is 51.1 Å². The van der Waals surface area contributed by atoms with Gasteiger partial charge in [-0.25, -0.2) is 0 Å². The summed E-state index contributed by atoms with van der Waals surface area (Å²) in [6.45, 7) is 16.0. The topological polar surface area (TPSA) is 55.4 Å². The van der Waals surface area contributed by atoms with Gasteiger partial charge < -0.3 is 28.4 Å². The van der Waals surface area contributed by atoms with Gasteiger partial charge in [0.05, 0.1) is 0 Å². The Bertz CT molecular complexity index is 453. The van der Waals surface area contributed by atoms with Gasteiger partial charge >= 0.3 is 0 Å². The van der Waals surface area contributed by atoms with Crippen molar-refractivity contribution in [2.45, 2.75) is 105 Å². The van der Waals surface area contributed by atoms with Crippen LogP contribution >= 0.6 is 0 Å². The molecule has 34 heavy (non-hydrogen) atoms. The number of methoxy groups -OCH3 is 4. The highest BCUT2D eigenvalue weighted by molar-refractivity contribution is 5.20. The first kappa shape index (κ1) is 37.5. The predicted octanol–water partition coefficient (Wildman–Crippen LogP) is 7.55. The summed E-state index contributed by atoms with van der Waals surface area (Å²) in [4.78, 5) is 0. The van der Waals surface area contributed by atoms with Crippen molar-refractivity contribution in [3.63, 3.8) is 0 Å². The van der Waals surface area contributed by atoms with E-state index in [0.29, 0.717) is 0 Å². The lowest BCUT2D eigenvalue weighted by atomic mass is 10.0. The van der Waals surface area contributed by atoms with Crippen molar-refractivity contribution in [2.24, 2.45) is 0 Å². The van der Waals surface area contributed by atoms with Gasteiger partial charge in [-0.1, -0.05) is 84.2 Å². The molecular weight excluding hydrogens is 432 g/mol. The molecule has 1 aromatic rings. The van der Waals surface area contributed by atoms with Crippen molar-refractivity contribution in [3.8, 4) is 0 Å². The van der Waals surface area contributed by atoms with Gasteiger partial charge in [-0.15, -0.1) is 0 Å². The molecule has 0 radical (unpaired) electrons. The molecule has 6 heteroatoms. The lowest BCUT2D eigenvalue weighted by molar-refractivity contribution is -0.217. The van der Waals surface area contributed by atoms with E-state index >= 15 is 0 Å². The highest BCUT2D eigenvalue weighted by Crippen LogP contribution is 2.28. The van der Waals surface area contributed by atoms with Crippen LogP contribution in [0.4, 0.5) is 0 Å². The Morgan fingerprint density at radius 1 is 0.647 bits per heavy atom. The zero-order valence-electron chi connectivity index (χ0n) is 24.1. The van der Waals surface area contributed by atoms with Crippen molar-refractivity contribution in [1.29, 1.82) is 0 Å². The molecule has 0 atom stereocenters. The summed E-state index contributed by atoms with van der Waals surface area (Å²) in [5.41, 5.74) is 1.06. The van der Waals surface area contributed by atoms with Gasteiger partial charge in [0.15, 0.2) is 18.4 Å². The van der Waals surface area contributed by atoms with E-state index in [1.165, 1.54) is 6.42 Å².